The summed E-state index contributed by atoms with van der Waals surface area (Å²) in [4.78, 5) is 23.2. The summed E-state index contributed by atoms with van der Waals surface area (Å²) in [6.07, 6.45) is 3.26. The largest absolute Gasteiger partial charge is 0.543 e. The van der Waals surface area contributed by atoms with Gasteiger partial charge in [-0.1, -0.05) is 65.8 Å². The molecule has 260 valence electrons. The zero-order chi connectivity index (χ0) is 35.3. The molecule has 0 heterocycles. The zero-order valence-electron chi connectivity index (χ0n) is 30.5. The SMILES string of the molecule is COC(=O)Cc1ccc(CCCO)c(O[Si](C)(C)C(C)(C)C)c1.COC(=O)Cc1cccc(O[Si](C)(C)C(C)(C)C)c1CCCO. The van der Waals surface area contributed by atoms with Crippen LogP contribution in [0.5, 0.6) is 11.5 Å². The lowest BCUT2D eigenvalue weighted by Crippen LogP contribution is -2.44. The lowest BCUT2D eigenvalue weighted by Gasteiger charge is -2.37. The molecule has 0 aromatic heterocycles. The van der Waals surface area contributed by atoms with Crippen molar-refractivity contribution >= 4 is 28.6 Å². The number of carbonyl (C=O) groups excluding carboxylic acids is 2. The molecule has 0 spiro atoms. The number of aliphatic hydroxyl groups excluding tert-OH is 2. The number of rotatable bonds is 14. The van der Waals surface area contributed by atoms with Crippen molar-refractivity contribution in [2.75, 3.05) is 27.4 Å². The number of benzene rings is 2. The van der Waals surface area contributed by atoms with Crippen LogP contribution in [0.3, 0.4) is 0 Å². The molecular weight excluding hydrogens is 617 g/mol. The second-order valence-corrected chi connectivity index (χ2v) is 24.2. The van der Waals surface area contributed by atoms with Gasteiger partial charge in [0, 0.05) is 13.2 Å². The summed E-state index contributed by atoms with van der Waals surface area (Å²) >= 11 is 0. The van der Waals surface area contributed by atoms with E-state index < -0.39 is 16.6 Å². The number of hydrogen-bond donors (Lipinski definition) is 2. The summed E-state index contributed by atoms with van der Waals surface area (Å²) in [5, 5.41) is 18.5. The van der Waals surface area contributed by atoms with Crippen LogP contribution in [0.1, 0.15) is 76.6 Å². The van der Waals surface area contributed by atoms with E-state index in [4.69, 9.17) is 23.4 Å². The Balaban J connectivity index is 0.000000460. The fourth-order valence-corrected chi connectivity index (χ4v) is 6.11. The van der Waals surface area contributed by atoms with E-state index in [1.54, 1.807) is 0 Å². The molecule has 2 aromatic carbocycles. The van der Waals surface area contributed by atoms with E-state index >= 15 is 0 Å². The van der Waals surface area contributed by atoms with Crippen LogP contribution in [-0.2, 0) is 44.7 Å². The highest BCUT2D eigenvalue weighted by Gasteiger charge is 2.40. The van der Waals surface area contributed by atoms with Crippen molar-refractivity contribution in [1.82, 2.24) is 0 Å². The van der Waals surface area contributed by atoms with Crippen LogP contribution in [-0.4, -0.2) is 66.2 Å². The Morgan fingerprint density at radius 2 is 1.17 bits per heavy atom. The Hall–Kier alpha value is -2.67. The lowest BCUT2D eigenvalue weighted by atomic mass is 9.99. The lowest BCUT2D eigenvalue weighted by molar-refractivity contribution is -0.140. The van der Waals surface area contributed by atoms with E-state index in [9.17, 15) is 14.7 Å². The molecular formula is C36H60O8Si2. The molecule has 0 fully saturated rings. The minimum absolute atomic E-state index is 0.0968. The predicted molar refractivity (Wildman–Crippen MR) is 191 cm³/mol. The van der Waals surface area contributed by atoms with Gasteiger partial charge in [0.15, 0.2) is 0 Å². The van der Waals surface area contributed by atoms with Gasteiger partial charge in [-0.15, -0.1) is 0 Å². The summed E-state index contributed by atoms with van der Waals surface area (Å²) in [6.45, 7) is 22.3. The summed E-state index contributed by atoms with van der Waals surface area (Å²) in [7, 11) is -1.14. The Morgan fingerprint density at radius 1 is 0.674 bits per heavy atom. The molecule has 0 aliphatic heterocycles. The highest BCUT2D eigenvalue weighted by Crippen LogP contribution is 2.40. The number of aliphatic hydroxyl groups is 2. The maximum atomic E-state index is 11.7. The quantitative estimate of drug-likeness (QED) is 0.157. The molecule has 2 aromatic rings. The van der Waals surface area contributed by atoms with Crippen molar-refractivity contribution in [3.05, 3.63) is 58.7 Å². The molecule has 0 atom stereocenters. The second kappa shape index (κ2) is 18.0. The van der Waals surface area contributed by atoms with Crippen molar-refractivity contribution in [3.8, 4) is 11.5 Å². The first-order chi connectivity index (χ1) is 21.2. The highest BCUT2D eigenvalue weighted by atomic mass is 28.4. The third-order valence-electron chi connectivity index (χ3n) is 9.03. The average molecular weight is 677 g/mol. The Kier molecular flexibility index (Phi) is 16.2. The fraction of sp³-hybridized carbons (Fsp3) is 0.611. The maximum Gasteiger partial charge on any atom is 0.309 e. The van der Waals surface area contributed by atoms with E-state index in [0.717, 1.165) is 40.2 Å². The van der Waals surface area contributed by atoms with E-state index in [1.165, 1.54) is 14.2 Å². The first-order valence-corrected chi connectivity index (χ1v) is 22.0. The molecule has 0 amide bonds. The minimum atomic E-state index is -1.97. The van der Waals surface area contributed by atoms with Gasteiger partial charge in [-0.05, 0) is 96.3 Å². The summed E-state index contributed by atoms with van der Waals surface area (Å²) < 4.78 is 22.4. The number of ether oxygens (including phenoxy) is 2. The van der Waals surface area contributed by atoms with Gasteiger partial charge in [0.25, 0.3) is 0 Å². The van der Waals surface area contributed by atoms with Gasteiger partial charge in [-0.2, -0.15) is 0 Å². The number of aryl methyl sites for hydroxylation is 1. The number of hydrogen-bond acceptors (Lipinski definition) is 8. The van der Waals surface area contributed by atoms with E-state index in [-0.39, 0.29) is 48.1 Å². The first kappa shape index (κ1) is 41.4. The van der Waals surface area contributed by atoms with Crippen molar-refractivity contribution in [2.24, 2.45) is 0 Å². The highest BCUT2D eigenvalue weighted by molar-refractivity contribution is 6.75. The van der Waals surface area contributed by atoms with Gasteiger partial charge < -0.3 is 28.5 Å². The van der Waals surface area contributed by atoms with Gasteiger partial charge in [0.05, 0.1) is 27.1 Å². The molecule has 0 aliphatic rings. The third kappa shape index (κ3) is 12.9. The van der Waals surface area contributed by atoms with E-state index in [0.29, 0.717) is 19.3 Å². The Bertz CT molecular complexity index is 1230. The van der Waals surface area contributed by atoms with Gasteiger partial charge >= 0.3 is 11.9 Å². The fourth-order valence-electron chi connectivity index (χ4n) is 4.01. The molecule has 10 heteroatoms. The van der Waals surface area contributed by atoms with Gasteiger partial charge in [-0.25, -0.2) is 0 Å². The van der Waals surface area contributed by atoms with E-state index in [2.05, 4.69) is 67.7 Å². The van der Waals surface area contributed by atoms with Crippen LogP contribution in [0.15, 0.2) is 36.4 Å². The topological polar surface area (TPSA) is 112 Å². The normalized spacial score (nSPS) is 12.1. The Morgan fingerprint density at radius 3 is 1.67 bits per heavy atom. The van der Waals surface area contributed by atoms with Crippen LogP contribution in [0, 0.1) is 0 Å². The van der Waals surface area contributed by atoms with Crippen molar-refractivity contribution in [2.45, 2.75) is 116 Å². The van der Waals surface area contributed by atoms with Crippen LogP contribution < -0.4 is 8.85 Å². The zero-order valence-corrected chi connectivity index (χ0v) is 32.5. The molecule has 0 bridgehead atoms. The van der Waals surface area contributed by atoms with Crippen LogP contribution in [0.25, 0.3) is 0 Å². The summed E-state index contributed by atoms with van der Waals surface area (Å²) in [5.74, 6) is 1.16. The van der Waals surface area contributed by atoms with Crippen molar-refractivity contribution < 1.29 is 38.1 Å². The average Bonchev–Trinajstić information content (AvgIpc) is 2.95. The first-order valence-electron chi connectivity index (χ1n) is 16.2. The van der Waals surface area contributed by atoms with E-state index in [1.807, 2.05) is 36.4 Å². The van der Waals surface area contributed by atoms with Crippen LogP contribution in [0.4, 0.5) is 0 Å². The van der Waals surface area contributed by atoms with Crippen LogP contribution in [0.2, 0.25) is 36.3 Å². The Labute approximate surface area is 280 Å². The second-order valence-electron chi connectivity index (χ2n) is 14.7. The van der Waals surface area contributed by atoms with Gasteiger partial charge in [0.1, 0.15) is 11.5 Å². The number of esters is 2. The number of carbonyl (C=O) groups is 2. The predicted octanol–water partition coefficient (Wildman–Crippen LogP) is 7.42. The molecule has 0 radical (unpaired) electrons. The minimum Gasteiger partial charge on any atom is -0.543 e. The molecule has 0 unspecified atom stereocenters. The molecule has 46 heavy (non-hydrogen) atoms. The van der Waals surface area contributed by atoms with Crippen molar-refractivity contribution in [1.29, 1.82) is 0 Å². The van der Waals surface area contributed by atoms with Crippen molar-refractivity contribution in [3.63, 3.8) is 0 Å². The van der Waals surface area contributed by atoms with Gasteiger partial charge in [0.2, 0.25) is 16.6 Å². The molecule has 0 saturated carbocycles. The third-order valence-corrected chi connectivity index (χ3v) is 17.7. The van der Waals surface area contributed by atoms with Crippen LogP contribution >= 0.6 is 0 Å². The molecule has 8 nitrogen and oxygen atoms in total. The smallest absolute Gasteiger partial charge is 0.309 e. The molecule has 0 aliphatic carbocycles. The summed E-state index contributed by atoms with van der Waals surface area (Å²) in [6, 6.07) is 11.7. The maximum absolute atomic E-state index is 11.7. The monoisotopic (exact) mass is 676 g/mol. The summed E-state index contributed by atoms with van der Waals surface area (Å²) in [5.41, 5.74) is 3.90. The standard InChI is InChI=1S/2C18H30O4Si/c1-18(2,3)23(5,6)22-16-11-7-9-14(13-17(20)21-4)15(16)10-8-12-19;1-18(2,3)23(5,6)22-16-12-14(13-17(20)21-4)9-10-15(16)8-7-11-19/h7,9,11,19H,8,10,12-13H2,1-6H3;9-10,12,19H,7-8,11,13H2,1-6H3. The van der Waals surface area contributed by atoms with Gasteiger partial charge in [-0.3, -0.25) is 9.59 Å². The molecule has 2 N–H and O–H groups in total. The molecule has 0 saturated heterocycles. The molecule has 2 rings (SSSR count). The number of methoxy groups -OCH3 is 2.